The van der Waals surface area contributed by atoms with Crippen LogP contribution in [0.15, 0.2) is 72.1 Å². The van der Waals surface area contributed by atoms with Gasteiger partial charge in [-0.05, 0) is 41.6 Å². The van der Waals surface area contributed by atoms with Gasteiger partial charge in [0, 0.05) is 9.90 Å². The predicted octanol–water partition coefficient (Wildman–Crippen LogP) is 4.96. The molecule has 0 spiro atoms. The molecule has 0 aliphatic rings. The second kappa shape index (κ2) is 8.99. The van der Waals surface area contributed by atoms with Gasteiger partial charge in [0.15, 0.2) is 0 Å². The van der Waals surface area contributed by atoms with E-state index in [0.717, 1.165) is 11.1 Å². The molecule has 0 unspecified atom stereocenters. The minimum absolute atomic E-state index is 0.00317. The zero-order valence-corrected chi connectivity index (χ0v) is 16.1. The largest absolute Gasteiger partial charge is 0.348 e. The van der Waals surface area contributed by atoms with Crippen LogP contribution in [0, 0.1) is 0 Å². The first kappa shape index (κ1) is 18.6. The Morgan fingerprint density at radius 2 is 1.81 bits per heavy atom. The standard InChI is InChI=1S/C21H21ClN2OS/c1-15(17-9-5-10-18(22)13-17)24-20(25)14-23-21(19-11-6-12-26-19)16-7-3-2-4-8-16/h2-13,15,21,23H,14H2,1H3,(H,24,25)/t15-,21+/m1/s1. The highest BCUT2D eigenvalue weighted by molar-refractivity contribution is 7.10. The minimum Gasteiger partial charge on any atom is -0.348 e. The van der Waals surface area contributed by atoms with Crippen LogP contribution >= 0.6 is 22.9 Å². The Bertz CT molecular complexity index is 836. The summed E-state index contributed by atoms with van der Waals surface area (Å²) in [6.07, 6.45) is 0. The van der Waals surface area contributed by atoms with Crippen LogP contribution in [0.5, 0.6) is 0 Å². The van der Waals surface area contributed by atoms with Crippen molar-refractivity contribution in [2.75, 3.05) is 6.54 Å². The number of hydrogen-bond donors (Lipinski definition) is 2. The van der Waals surface area contributed by atoms with Crippen LogP contribution < -0.4 is 10.6 Å². The fourth-order valence-corrected chi connectivity index (χ4v) is 3.86. The van der Waals surface area contributed by atoms with Crippen molar-refractivity contribution in [1.29, 1.82) is 0 Å². The van der Waals surface area contributed by atoms with Crippen molar-refractivity contribution < 1.29 is 4.79 Å². The van der Waals surface area contributed by atoms with Crippen LogP contribution in [0.3, 0.4) is 0 Å². The van der Waals surface area contributed by atoms with Crippen LogP contribution in [-0.2, 0) is 4.79 Å². The SMILES string of the molecule is C[C@@H](NC(=O)CN[C@@H](c1ccccc1)c1cccs1)c1cccc(Cl)c1. The fourth-order valence-electron chi connectivity index (χ4n) is 2.83. The molecular weight excluding hydrogens is 364 g/mol. The molecule has 1 amide bonds. The molecule has 0 aliphatic heterocycles. The Morgan fingerprint density at radius 1 is 1.04 bits per heavy atom. The van der Waals surface area contributed by atoms with Crippen molar-refractivity contribution in [3.63, 3.8) is 0 Å². The second-order valence-corrected chi connectivity index (χ2v) is 7.50. The lowest BCUT2D eigenvalue weighted by atomic mass is 10.1. The molecule has 134 valence electrons. The summed E-state index contributed by atoms with van der Waals surface area (Å²) in [6.45, 7) is 2.19. The first-order valence-electron chi connectivity index (χ1n) is 8.50. The number of carbonyl (C=O) groups is 1. The van der Waals surface area contributed by atoms with Crippen molar-refractivity contribution in [3.8, 4) is 0 Å². The topological polar surface area (TPSA) is 41.1 Å². The fraction of sp³-hybridized carbons (Fsp3) is 0.190. The molecule has 5 heteroatoms. The van der Waals surface area contributed by atoms with Crippen molar-refractivity contribution >= 4 is 28.8 Å². The van der Waals surface area contributed by atoms with E-state index in [1.54, 1.807) is 11.3 Å². The highest BCUT2D eigenvalue weighted by atomic mass is 35.5. The molecule has 0 fully saturated rings. The molecule has 2 atom stereocenters. The molecule has 0 radical (unpaired) electrons. The number of nitrogens with one attached hydrogen (secondary N) is 2. The highest BCUT2D eigenvalue weighted by Gasteiger charge is 2.17. The predicted molar refractivity (Wildman–Crippen MR) is 109 cm³/mol. The maximum atomic E-state index is 12.4. The van der Waals surface area contributed by atoms with E-state index in [9.17, 15) is 4.79 Å². The molecule has 1 aromatic heterocycles. The van der Waals surface area contributed by atoms with Gasteiger partial charge in [-0.3, -0.25) is 10.1 Å². The monoisotopic (exact) mass is 384 g/mol. The van der Waals surface area contributed by atoms with Gasteiger partial charge in [0.2, 0.25) is 5.91 Å². The molecule has 2 N–H and O–H groups in total. The van der Waals surface area contributed by atoms with Gasteiger partial charge in [0.05, 0.1) is 18.6 Å². The number of halogens is 1. The van der Waals surface area contributed by atoms with Gasteiger partial charge < -0.3 is 5.32 Å². The molecule has 0 saturated carbocycles. The third-order valence-electron chi connectivity index (χ3n) is 4.15. The molecule has 26 heavy (non-hydrogen) atoms. The molecule has 0 bridgehead atoms. The van der Waals surface area contributed by atoms with Gasteiger partial charge in [0.25, 0.3) is 0 Å². The Hall–Kier alpha value is -2.14. The molecule has 0 saturated heterocycles. The summed E-state index contributed by atoms with van der Waals surface area (Å²) in [4.78, 5) is 13.6. The highest BCUT2D eigenvalue weighted by Crippen LogP contribution is 2.25. The van der Waals surface area contributed by atoms with Crippen molar-refractivity contribution in [3.05, 3.63) is 93.1 Å². The Labute approximate surface area is 163 Å². The van der Waals surface area contributed by atoms with Gasteiger partial charge >= 0.3 is 0 Å². The smallest absolute Gasteiger partial charge is 0.234 e. The van der Waals surface area contributed by atoms with Crippen molar-refractivity contribution in [2.24, 2.45) is 0 Å². The summed E-state index contributed by atoms with van der Waals surface area (Å²) < 4.78 is 0. The van der Waals surface area contributed by atoms with Crippen LogP contribution in [0.1, 0.15) is 35.0 Å². The lowest BCUT2D eigenvalue weighted by Crippen LogP contribution is -2.37. The third kappa shape index (κ3) is 4.94. The first-order valence-corrected chi connectivity index (χ1v) is 9.76. The van der Waals surface area contributed by atoms with Crippen LogP contribution in [0.25, 0.3) is 0 Å². The number of benzene rings is 2. The Balaban J connectivity index is 1.63. The van der Waals surface area contributed by atoms with Crippen molar-refractivity contribution in [1.82, 2.24) is 10.6 Å². The third-order valence-corrected chi connectivity index (χ3v) is 5.33. The first-order chi connectivity index (χ1) is 12.6. The molecule has 0 aliphatic carbocycles. The average Bonchev–Trinajstić information content (AvgIpc) is 3.17. The molecule has 3 rings (SSSR count). The van der Waals surface area contributed by atoms with E-state index in [-0.39, 0.29) is 24.5 Å². The minimum atomic E-state index is -0.0973. The lowest BCUT2D eigenvalue weighted by Gasteiger charge is -2.19. The number of hydrogen-bond acceptors (Lipinski definition) is 3. The van der Waals surface area contributed by atoms with Gasteiger partial charge in [-0.2, -0.15) is 0 Å². The van der Waals surface area contributed by atoms with Gasteiger partial charge in [-0.15, -0.1) is 11.3 Å². The van der Waals surface area contributed by atoms with Gasteiger partial charge in [-0.25, -0.2) is 0 Å². The second-order valence-electron chi connectivity index (χ2n) is 6.08. The number of carbonyl (C=O) groups excluding carboxylic acids is 1. The van der Waals surface area contributed by atoms with Crippen LogP contribution in [0.4, 0.5) is 0 Å². The Kier molecular flexibility index (Phi) is 6.45. The number of amides is 1. The average molecular weight is 385 g/mol. The number of thiophene rings is 1. The van der Waals surface area contributed by atoms with E-state index in [4.69, 9.17) is 11.6 Å². The van der Waals surface area contributed by atoms with Crippen molar-refractivity contribution in [2.45, 2.75) is 19.0 Å². The van der Waals surface area contributed by atoms with E-state index in [1.807, 2.05) is 60.8 Å². The summed E-state index contributed by atoms with van der Waals surface area (Å²) in [7, 11) is 0. The summed E-state index contributed by atoms with van der Waals surface area (Å²) in [5, 5.41) is 9.12. The van der Waals surface area contributed by atoms with E-state index in [1.165, 1.54) is 4.88 Å². The quantitative estimate of drug-likeness (QED) is 0.604. The summed E-state index contributed by atoms with van der Waals surface area (Å²) in [6, 6.07) is 21.7. The van der Waals surface area contributed by atoms with E-state index in [0.29, 0.717) is 5.02 Å². The normalized spacial score (nSPS) is 13.2. The lowest BCUT2D eigenvalue weighted by molar-refractivity contribution is -0.121. The summed E-state index contributed by atoms with van der Waals surface area (Å²) in [5.74, 6) is -0.0463. The van der Waals surface area contributed by atoms with Crippen LogP contribution in [0.2, 0.25) is 5.02 Å². The van der Waals surface area contributed by atoms with E-state index < -0.39 is 0 Å². The van der Waals surface area contributed by atoms with E-state index in [2.05, 4.69) is 28.8 Å². The maximum Gasteiger partial charge on any atom is 0.234 e. The van der Waals surface area contributed by atoms with Crippen LogP contribution in [-0.4, -0.2) is 12.5 Å². The molecule has 1 heterocycles. The molecule has 3 aromatic rings. The maximum absolute atomic E-state index is 12.4. The van der Waals surface area contributed by atoms with Gasteiger partial charge in [-0.1, -0.05) is 60.1 Å². The molecule has 2 aromatic carbocycles. The molecule has 3 nitrogen and oxygen atoms in total. The molecular formula is C21H21ClN2OS. The zero-order valence-electron chi connectivity index (χ0n) is 14.5. The van der Waals surface area contributed by atoms with Gasteiger partial charge in [0.1, 0.15) is 0 Å². The van der Waals surface area contributed by atoms with E-state index >= 15 is 0 Å². The Morgan fingerprint density at radius 3 is 2.50 bits per heavy atom. The zero-order chi connectivity index (χ0) is 18.4. The summed E-state index contributed by atoms with van der Waals surface area (Å²) >= 11 is 7.71. The number of rotatable bonds is 7. The summed E-state index contributed by atoms with van der Waals surface area (Å²) in [5.41, 5.74) is 2.13.